The molecule has 7 atom stereocenters. The molecule has 18 heteroatoms. The van der Waals surface area contributed by atoms with Gasteiger partial charge in [0.05, 0.1) is 25.9 Å². The molecule has 54 heavy (non-hydrogen) atoms. The number of ether oxygens (including phenoxy) is 9. The molecule has 0 unspecified atom stereocenters. The molecule has 1 aliphatic carbocycles. The van der Waals surface area contributed by atoms with Crippen molar-refractivity contribution in [3.05, 3.63) is 70.1 Å². The molecule has 1 heterocycles. The largest absolute Gasteiger partial charge is 0.463 e. The fourth-order valence-electron chi connectivity index (χ4n) is 6.14. The van der Waals surface area contributed by atoms with Crippen LogP contribution >= 0.6 is 0 Å². The van der Waals surface area contributed by atoms with Crippen LogP contribution < -0.4 is 5.32 Å². The highest BCUT2D eigenvalue weighted by molar-refractivity contribution is 5.82. The van der Waals surface area contributed by atoms with Gasteiger partial charge < -0.3 is 47.9 Å². The Kier molecular flexibility index (Phi) is 15.6. The maximum Gasteiger partial charge on any atom is 0.407 e. The van der Waals surface area contributed by atoms with E-state index < -0.39 is 79.4 Å². The summed E-state index contributed by atoms with van der Waals surface area (Å²) in [6.45, 7) is 4.56. The molecule has 2 aromatic rings. The summed E-state index contributed by atoms with van der Waals surface area (Å²) in [5, 5.41) is 6.21. The van der Waals surface area contributed by atoms with Gasteiger partial charge in [0, 0.05) is 38.7 Å². The maximum absolute atomic E-state index is 13.5. The minimum Gasteiger partial charge on any atom is -0.463 e. The monoisotopic (exact) mass is 756 g/mol. The first-order valence-electron chi connectivity index (χ1n) is 17.1. The molecule has 2 aromatic carbocycles. The molecule has 0 aromatic heterocycles. The molecule has 1 amide bonds. The van der Waals surface area contributed by atoms with Crippen LogP contribution in [0, 0.1) is 0 Å². The van der Waals surface area contributed by atoms with Gasteiger partial charge in [0.15, 0.2) is 24.5 Å². The summed E-state index contributed by atoms with van der Waals surface area (Å²) in [6, 6.07) is 12.5. The van der Waals surface area contributed by atoms with Crippen molar-refractivity contribution in [2.45, 2.75) is 76.4 Å². The molecule has 4 rings (SSSR count). The normalized spacial score (nSPS) is 21.2. The van der Waals surface area contributed by atoms with Gasteiger partial charge in [-0.2, -0.15) is 0 Å². The highest BCUT2D eigenvalue weighted by atomic mass is 16.7. The van der Waals surface area contributed by atoms with Crippen LogP contribution in [-0.4, -0.2) is 120 Å². The zero-order chi connectivity index (χ0) is 39.2. The van der Waals surface area contributed by atoms with E-state index in [1.54, 1.807) is 0 Å². The number of rotatable bonds is 18. The standard InChI is InChI=1S/C36H44N4O14/c1-20(51-35-31(39-40-37)33(53-23(4)43)32(52-22(3)42)29(54-35)19-49-21(2)41)30(34(44)48-17-16-47-15-14-46-5)38-36(45)50-18-28-26-12-8-6-10-24(26)25-11-7-9-13-27(25)28/h6-13,20,28-33,35H,14-19H2,1-5H3,(H,38,45)/t20-,29+,30-,31+,32-,33+,35-/m0/s1. The minimum absolute atomic E-state index is 0.0200. The van der Waals surface area contributed by atoms with Crippen molar-refractivity contribution >= 4 is 30.0 Å². The van der Waals surface area contributed by atoms with Gasteiger partial charge in [-0.05, 0) is 34.7 Å². The highest BCUT2D eigenvalue weighted by Gasteiger charge is 2.51. The number of hydrogen-bond donors (Lipinski definition) is 1. The van der Waals surface area contributed by atoms with Crippen LogP contribution in [0.5, 0.6) is 0 Å². The summed E-state index contributed by atoms with van der Waals surface area (Å²) in [5.41, 5.74) is 13.5. The SMILES string of the molecule is COCCOCCOC(=O)[C@@H](NC(=O)OCC1c2ccccc2-c2ccccc21)[C@H](C)O[C@H]1O[C@H](COC(C)=O)[C@H](OC(C)=O)[C@H](OC(C)=O)[C@H]1N=[N+]=[N-]. The second-order valence-corrected chi connectivity index (χ2v) is 12.3. The average molecular weight is 757 g/mol. The van der Waals surface area contributed by atoms with E-state index >= 15 is 0 Å². The number of fused-ring (bicyclic) bond motifs is 3. The van der Waals surface area contributed by atoms with Crippen molar-refractivity contribution in [3.8, 4) is 11.1 Å². The molecule has 18 nitrogen and oxygen atoms in total. The van der Waals surface area contributed by atoms with Gasteiger partial charge in [0.2, 0.25) is 0 Å². The Morgan fingerprint density at radius 2 is 1.43 bits per heavy atom. The van der Waals surface area contributed by atoms with Crippen LogP contribution in [0.2, 0.25) is 0 Å². The average Bonchev–Trinajstić information content (AvgIpc) is 3.45. The van der Waals surface area contributed by atoms with Crippen LogP contribution in [0.3, 0.4) is 0 Å². The number of esters is 4. The van der Waals surface area contributed by atoms with Crippen molar-refractivity contribution in [1.82, 2.24) is 5.32 Å². The van der Waals surface area contributed by atoms with E-state index in [1.807, 2.05) is 48.5 Å². The Balaban J connectivity index is 1.56. The lowest BCUT2D eigenvalue weighted by Crippen LogP contribution is -2.62. The predicted octanol–water partition coefficient (Wildman–Crippen LogP) is 3.34. The maximum atomic E-state index is 13.5. The molecule has 0 saturated carbocycles. The van der Waals surface area contributed by atoms with E-state index in [0.717, 1.165) is 43.0 Å². The summed E-state index contributed by atoms with van der Waals surface area (Å²) in [6.07, 6.45) is -8.07. The first kappa shape index (κ1) is 41.5. The Bertz CT molecular complexity index is 1640. The summed E-state index contributed by atoms with van der Waals surface area (Å²) in [7, 11) is 1.51. The fraction of sp³-hybridized carbons (Fsp3) is 0.528. The number of methoxy groups -OCH3 is 1. The topological polar surface area (TPSA) is 229 Å². The van der Waals surface area contributed by atoms with Gasteiger partial charge in [0.25, 0.3) is 0 Å². The van der Waals surface area contributed by atoms with Crippen molar-refractivity contribution in [2.75, 3.05) is 46.8 Å². The van der Waals surface area contributed by atoms with Gasteiger partial charge in [0.1, 0.15) is 32.0 Å². The third-order valence-electron chi connectivity index (χ3n) is 8.45. The number of carbonyl (C=O) groups excluding carboxylic acids is 5. The zero-order valence-electron chi connectivity index (χ0n) is 30.5. The van der Waals surface area contributed by atoms with Crippen molar-refractivity contribution < 1.29 is 66.6 Å². The van der Waals surface area contributed by atoms with Crippen molar-refractivity contribution in [3.63, 3.8) is 0 Å². The fourth-order valence-corrected chi connectivity index (χ4v) is 6.14. The number of azide groups is 1. The Morgan fingerprint density at radius 3 is 2.02 bits per heavy atom. The van der Waals surface area contributed by atoms with Gasteiger partial charge in [-0.15, -0.1) is 0 Å². The third-order valence-corrected chi connectivity index (χ3v) is 8.45. The molecule has 0 bridgehead atoms. The molecule has 2 aliphatic rings. The Morgan fingerprint density at radius 1 is 0.815 bits per heavy atom. The van der Waals surface area contributed by atoms with Gasteiger partial charge in [-0.25, -0.2) is 9.59 Å². The van der Waals surface area contributed by atoms with Crippen molar-refractivity contribution in [2.24, 2.45) is 5.11 Å². The Labute approximate surface area is 311 Å². The molecule has 1 N–H and O–H groups in total. The van der Waals surface area contributed by atoms with Crippen LogP contribution in [0.4, 0.5) is 4.79 Å². The van der Waals surface area contributed by atoms with E-state index in [-0.39, 0.29) is 32.3 Å². The zero-order valence-corrected chi connectivity index (χ0v) is 30.5. The molecule has 1 aliphatic heterocycles. The lowest BCUT2D eigenvalue weighted by molar-refractivity contribution is -0.284. The molecule has 0 spiro atoms. The summed E-state index contributed by atoms with van der Waals surface area (Å²) >= 11 is 0. The second-order valence-electron chi connectivity index (χ2n) is 12.3. The van der Waals surface area contributed by atoms with E-state index in [1.165, 1.54) is 14.0 Å². The molecule has 292 valence electrons. The third kappa shape index (κ3) is 11.1. The summed E-state index contributed by atoms with van der Waals surface area (Å²) in [4.78, 5) is 65.7. The first-order valence-corrected chi connectivity index (χ1v) is 17.1. The van der Waals surface area contributed by atoms with E-state index in [9.17, 15) is 29.5 Å². The number of nitrogens with one attached hydrogen (secondary N) is 1. The predicted molar refractivity (Wildman–Crippen MR) is 186 cm³/mol. The van der Waals surface area contributed by atoms with Crippen LogP contribution in [-0.2, 0) is 61.8 Å². The molecular weight excluding hydrogens is 712 g/mol. The summed E-state index contributed by atoms with van der Waals surface area (Å²) in [5.74, 6) is -3.55. The van der Waals surface area contributed by atoms with Crippen LogP contribution in [0.25, 0.3) is 21.6 Å². The lowest BCUT2D eigenvalue weighted by atomic mass is 9.96. The number of benzene rings is 2. The van der Waals surface area contributed by atoms with Gasteiger partial charge >= 0.3 is 30.0 Å². The lowest BCUT2D eigenvalue weighted by Gasteiger charge is -2.44. The minimum atomic E-state index is -1.61. The number of hydrogen-bond acceptors (Lipinski definition) is 15. The number of carbonyl (C=O) groups is 5. The van der Waals surface area contributed by atoms with E-state index in [2.05, 4.69) is 15.3 Å². The molecule has 1 saturated heterocycles. The second kappa shape index (κ2) is 20.3. The number of nitrogens with zero attached hydrogens (tertiary/aromatic N) is 3. The van der Waals surface area contributed by atoms with Gasteiger partial charge in [-0.3, -0.25) is 14.4 Å². The molecule has 0 radical (unpaired) electrons. The summed E-state index contributed by atoms with van der Waals surface area (Å²) < 4.78 is 49.4. The van der Waals surface area contributed by atoms with Gasteiger partial charge in [-0.1, -0.05) is 53.6 Å². The van der Waals surface area contributed by atoms with Crippen LogP contribution in [0.1, 0.15) is 44.7 Å². The first-order chi connectivity index (χ1) is 25.9. The van der Waals surface area contributed by atoms with Crippen molar-refractivity contribution in [1.29, 1.82) is 0 Å². The number of amides is 1. The van der Waals surface area contributed by atoms with E-state index in [0.29, 0.717) is 6.61 Å². The smallest absolute Gasteiger partial charge is 0.407 e. The Hall–Kier alpha value is -5.26. The highest BCUT2D eigenvalue weighted by Crippen LogP contribution is 2.44. The van der Waals surface area contributed by atoms with E-state index in [4.69, 9.17) is 42.6 Å². The molecule has 1 fully saturated rings. The van der Waals surface area contributed by atoms with Crippen LogP contribution in [0.15, 0.2) is 53.6 Å². The molecular formula is C36H44N4O14. The number of alkyl carbamates (subject to hydrolysis) is 1. The quantitative estimate of drug-likeness (QED) is 0.0575.